The molecular weight excluding hydrogens is 450 g/mol. The lowest BCUT2D eigenvalue weighted by molar-refractivity contribution is -0.128. The fourth-order valence-corrected chi connectivity index (χ4v) is 5.70. The number of amides is 1. The van der Waals surface area contributed by atoms with E-state index >= 15 is 0 Å². The summed E-state index contributed by atoms with van der Waals surface area (Å²) in [7, 11) is -0.848. The van der Waals surface area contributed by atoms with Crippen LogP contribution >= 0.6 is 0 Å². The molecule has 176 valence electrons. The SMILES string of the molecule is COC1=C(c2ccc(OC)cc2)N(Cc2ccccc2)C(=O)C(S(=O)(=O)c2ccc(C)cc2)C1. The van der Waals surface area contributed by atoms with E-state index in [0.29, 0.717) is 17.2 Å². The highest BCUT2D eigenvalue weighted by Crippen LogP contribution is 2.37. The van der Waals surface area contributed by atoms with Crippen LogP contribution in [-0.4, -0.2) is 38.7 Å². The van der Waals surface area contributed by atoms with Crippen LogP contribution in [0.4, 0.5) is 0 Å². The Morgan fingerprint density at radius 2 is 1.53 bits per heavy atom. The summed E-state index contributed by atoms with van der Waals surface area (Å²) in [6, 6.07) is 23.3. The van der Waals surface area contributed by atoms with Crippen LogP contribution in [0.3, 0.4) is 0 Å². The number of aryl methyl sites for hydroxylation is 1. The van der Waals surface area contributed by atoms with Crippen LogP contribution in [0, 0.1) is 6.92 Å². The van der Waals surface area contributed by atoms with Gasteiger partial charge in [-0.05, 0) is 48.9 Å². The first kappa shape index (κ1) is 23.6. The highest BCUT2D eigenvalue weighted by Gasteiger charge is 2.44. The summed E-state index contributed by atoms with van der Waals surface area (Å²) in [4.78, 5) is 15.5. The zero-order valence-electron chi connectivity index (χ0n) is 19.4. The Balaban J connectivity index is 1.83. The molecule has 7 heteroatoms. The average Bonchev–Trinajstić information content (AvgIpc) is 2.86. The van der Waals surface area contributed by atoms with E-state index in [4.69, 9.17) is 9.47 Å². The van der Waals surface area contributed by atoms with E-state index in [-0.39, 0.29) is 17.9 Å². The number of carbonyl (C=O) groups is 1. The molecule has 0 aliphatic carbocycles. The maximum atomic E-state index is 13.8. The molecule has 0 aromatic heterocycles. The number of ether oxygens (including phenoxy) is 2. The Morgan fingerprint density at radius 1 is 0.882 bits per heavy atom. The lowest BCUT2D eigenvalue weighted by atomic mass is 10.0. The summed E-state index contributed by atoms with van der Waals surface area (Å²) in [5.41, 5.74) is 3.13. The minimum atomic E-state index is -3.94. The Morgan fingerprint density at radius 3 is 2.12 bits per heavy atom. The molecule has 34 heavy (non-hydrogen) atoms. The smallest absolute Gasteiger partial charge is 0.246 e. The standard InChI is InChI=1S/C27H27NO5S/c1-19-9-15-23(16-10-19)34(30,31)25-17-24(33-3)26(21-11-13-22(32-2)14-12-21)28(27(25)29)18-20-7-5-4-6-8-20/h4-16,25H,17-18H2,1-3H3. The largest absolute Gasteiger partial charge is 0.499 e. The number of allylic oxidation sites excluding steroid dienone is 1. The minimum Gasteiger partial charge on any atom is -0.499 e. The molecule has 1 heterocycles. The number of rotatable bonds is 7. The van der Waals surface area contributed by atoms with E-state index in [9.17, 15) is 13.2 Å². The van der Waals surface area contributed by atoms with Gasteiger partial charge in [-0.3, -0.25) is 4.79 Å². The van der Waals surface area contributed by atoms with Crippen molar-refractivity contribution in [3.63, 3.8) is 0 Å². The van der Waals surface area contributed by atoms with Crippen molar-refractivity contribution >= 4 is 21.4 Å². The summed E-state index contributed by atoms with van der Waals surface area (Å²) in [5.74, 6) is 0.650. The van der Waals surface area contributed by atoms with Crippen molar-refractivity contribution in [2.75, 3.05) is 14.2 Å². The molecule has 0 radical (unpaired) electrons. The average molecular weight is 478 g/mol. The first-order chi connectivity index (χ1) is 16.3. The van der Waals surface area contributed by atoms with E-state index in [1.165, 1.54) is 12.0 Å². The highest BCUT2D eigenvalue weighted by atomic mass is 32.2. The van der Waals surface area contributed by atoms with Gasteiger partial charge in [0.1, 0.15) is 11.5 Å². The van der Waals surface area contributed by atoms with Gasteiger partial charge in [0.25, 0.3) is 0 Å². The molecule has 0 saturated heterocycles. The molecule has 0 bridgehead atoms. The minimum absolute atomic E-state index is 0.0435. The number of sulfone groups is 1. The molecule has 4 rings (SSSR count). The predicted molar refractivity (Wildman–Crippen MR) is 131 cm³/mol. The molecule has 1 atom stereocenters. The summed E-state index contributed by atoms with van der Waals surface area (Å²) in [5, 5.41) is -1.28. The number of methoxy groups -OCH3 is 2. The summed E-state index contributed by atoms with van der Waals surface area (Å²) >= 11 is 0. The Labute approximate surface area is 200 Å². The highest BCUT2D eigenvalue weighted by molar-refractivity contribution is 7.92. The second kappa shape index (κ2) is 9.73. The van der Waals surface area contributed by atoms with Crippen LogP contribution in [0.5, 0.6) is 5.75 Å². The van der Waals surface area contributed by atoms with Crippen molar-refractivity contribution in [1.82, 2.24) is 4.90 Å². The monoisotopic (exact) mass is 477 g/mol. The van der Waals surface area contributed by atoms with Crippen LogP contribution in [0.2, 0.25) is 0 Å². The van der Waals surface area contributed by atoms with Crippen molar-refractivity contribution in [2.45, 2.75) is 30.0 Å². The van der Waals surface area contributed by atoms with Crippen LogP contribution in [-0.2, 0) is 25.9 Å². The fourth-order valence-electron chi connectivity index (χ4n) is 4.09. The van der Waals surface area contributed by atoms with Crippen molar-refractivity contribution in [3.8, 4) is 5.75 Å². The van der Waals surface area contributed by atoms with E-state index in [1.54, 1.807) is 43.5 Å². The van der Waals surface area contributed by atoms with Crippen LogP contribution in [0.1, 0.15) is 23.1 Å². The van der Waals surface area contributed by atoms with Gasteiger partial charge >= 0.3 is 0 Å². The molecule has 0 N–H and O–H groups in total. The molecular formula is C27H27NO5S. The second-order valence-corrected chi connectivity index (χ2v) is 10.3. The lowest BCUT2D eigenvalue weighted by Gasteiger charge is -2.35. The normalized spacial score (nSPS) is 16.5. The zero-order valence-corrected chi connectivity index (χ0v) is 20.2. The van der Waals surface area contributed by atoms with Crippen LogP contribution < -0.4 is 4.74 Å². The molecule has 6 nitrogen and oxygen atoms in total. The maximum Gasteiger partial charge on any atom is 0.246 e. The van der Waals surface area contributed by atoms with Gasteiger partial charge < -0.3 is 14.4 Å². The van der Waals surface area contributed by atoms with E-state index in [0.717, 1.165) is 16.7 Å². The molecule has 0 saturated carbocycles. The number of carbonyl (C=O) groups excluding carboxylic acids is 1. The Bertz CT molecular complexity index is 1300. The van der Waals surface area contributed by atoms with Gasteiger partial charge in [0.2, 0.25) is 5.91 Å². The molecule has 1 aliphatic heterocycles. The van der Waals surface area contributed by atoms with Crippen molar-refractivity contribution in [3.05, 3.63) is 101 Å². The second-order valence-electron chi connectivity index (χ2n) is 8.17. The van der Waals surface area contributed by atoms with Gasteiger partial charge in [-0.2, -0.15) is 0 Å². The van der Waals surface area contributed by atoms with Crippen molar-refractivity contribution < 1.29 is 22.7 Å². The molecule has 3 aromatic rings. The number of hydrogen-bond donors (Lipinski definition) is 0. The first-order valence-electron chi connectivity index (χ1n) is 10.9. The van der Waals surface area contributed by atoms with E-state index in [2.05, 4.69) is 0 Å². The van der Waals surface area contributed by atoms with Gasteiger partial charge in [-0.1, -0.05) is 48.0 Å². The van der Waals surface area contributed by atoms with Gasteiger partial charge in [0.05, 0.1) is 31.4 Å². The van der Waals surface area contributed by atoms with Gasteiger partial charge in [0, 0.05) is 12.0 Å². The summed E-state index contributed by atoms with van der Waals surface area (Å²) in [6.07, 6.45) is -0.0435. The van der Waals surface area contributed by atoms with Gasteiger partial charge in [-0.15, -0.1) is 0 Å². The quantitative estimate of drug-likeness (QED) is 0.498. The number of nitrogens with zero attached hydrogens (tertiary/aromatic N) is 1. The molecule has 0 fully saturated rings. The zero-order chi connectivity index (χ0) is 24.3. The maximum absolute atomic E-state index is 13.8. The molecule has 0 spiro atoms. The third-order valence-corrected chi connectivity index (χ3v) is 8.01. The molecule has 3 aromatic carbocycles. The van der Waals surface area contributed by atoms with Crippen LogP contribution in [0.25, 0.3) is 5.70 Å². The number of benzene rings is 3. The third-order valence-electron chi connectivity index (χ3n) is 5.96. The Kier molecular flexibility index (Phi) is 6.75. The number of hydrogen-bond acceptors (Lipinski definition) is 5. The molecule has 1 aliphatic rings. The lowest BCUT2D eigenvalue weighted by Crippen LogP contribution is -2.46. The molecule has 1 unspecified atom stereocenters. The van der Waals surface area contributed by atoms with Gasteiger partial charge in [0.15, 0.2) is 15.1 Å². The van der Waals surface area contributed by atoms with Gasteiger partial charge in [-0.25, -0.2) is 8.42 Å². The topological polar surface area (TPSA) is 72.9 Å². The predicted octanol–water partition coefficient (Wildman–Crippen LogP) is 4.59. The fraction of sp³-hybridized carbons (Fsp3) is 0.222. The summed E-state index contributed by atoms with van der Waals surface area (Å²) in [6.45, 7) is 2.10. The first-order valence-corrected chi connectivity index (χ1v) is 12.5. The Hall–Kier alpha value is -3.58. The molecule has 1 amide bonds. The third kappa shape index (κ3) is 4.56. The van der Waals surface area contributed by atoms with Crippen molar-refractivity contribution in [2.24, 2.45) is 0 Å². The van der Waals surface area contributed by atoms with Crippen LogP contribution in [0.15, 0.2) is 89.5 Å². The van der Waals surface area contributed by atoms with Crippen molar-refractivity contribution in [1.29, 1.82) is 0 Å². The summed E-state index contributed by atoms with van der Waals surface area (Å²) < 4.78 is 38.1. The van der Waals surface area contributed by atoms with E-state index in [1.807, 2.05) is 49.4 Å². The van der Waals surface area contributed by atoms with E-state index < -0.39 is 21.0 Å².